The summed E-state index contributed by atoms with van der Waals surface area (Å²) in [6.07, 6.45) is -22.8. The average Bonchev–Trinajstić information content (AvgIpc) is 3.27. The fourth-order valence-corrected chi connectivity index (χ4v) is 7.01. The predicted octanol–water partition coefficient (Wildman–Crippen LogP) is -2.01. The van der Waals surface area contributed by atoms with Crippen LogP contribution in [-0.2, 0) is 28.5 Å². The molecule has 346 valence electrons. The van der Waals surface area contributed by atoms with Crippen LogP contribution in [0.5, 0.6) is 40.2 Å². The van der Waals surface area contributed by atoms with Gasteiger partial charge in [-0.3, -0.25) is 0 Å². The van der Waals surface area contributed by atoms with Crippen molar-refractivity contribution in [3.8, 4) is 51.6 Å². The van der Waals surface area contributed by atoms with Gasteiger partial charge in [0.2, 0.25) is 18.3 Å². The van der Waals surface area contributed by atoms with E-state index in [9.17, 15) is 76.3 Å². The highest BCUT2D eigenvalue weighted by Gasteiger charge is 2.51. The van der Waals surface area contributed by atoms with Crippen LogP contribution in [0.25, 0.3) is 28.4 Å². The molecule has 4 aromatic rings. The molecule has 7 rings (SSSR count). The van der Waals surface area contributed by atoms with Gasteiger partial charge in [-0.2, -0.15) is 0 Å². The number of phenols is 5. The van der Waals surface area contributed by atoms with E-state index in [0.29, 0.717) is 5.56 Å². The highest BCUT2D eigenvalue weighted by Crippen LogP contribution is 2.46. The van der Waals surface area contributed by atoms with Crippen molar-refractivity contribution in [1.29, 1.82) is 0 Å². The van der Waals surface area contributed by atoms with Gasteiger partial charge in [-0.1, -0.05) is 12.1 Å². The Balaban J connectivity index is 1.28. The lowest BCUT2D eigenvalue weighted by Gasteiger charge is -2.44. The van der Waals surface area contributed by atoms with Crippen molar-refractivity contribution in [3.63, 3.8) is 0 Å². The first-order valence-corrected chi connectivity index (χ1v) is 19.4. The maximum Gasteiger partial charge on any atom is 0.402 e. The largest absolute Gasteiger partial charge is 0.508 e. The number of fused-ring (bicyclic) bond motifs is 1. The van der Waals surface area contributed by atoms with Crippen LogP contribution in [0.2, 0.25) is 0 Å². The van der Waals surface area contributed by atoms with Gasteiger partial charge in [0.15, 0.2) is 29.6 Å². The molecule has 3 aromatic carbocycles. The summed E-state index contributed by atoms with van der Waals surface area (Å²) in [6, 6.07) is 10.9. The third-order valence-corrected chi connectivity index (χ3v) is 10.6. The average molecular weight is 906 g/mol. The van der Waals surface area contributed by atoms with E-state index >= 15 is 0 Å². The highest BCUT2D eigenvalue weighted by molar-refractivity contribution is 5.89. The van der Waals surface area contributed by atoms with E-state index in [1.54, 1.807) is 0 Å². The van der Waals surface area contributed by atoms with Gasteiger partial charge < -0.3 is 105 Å². The number of aromatic hydroxyl groups is 5. The molecule has 1 aromatic heterocycles. The van der Waals surface area contributed by atoms with Gasteiger partial charge in [0, 0.05) is 30.3 Å². The minimum absolute atomic E-state index is 0.0101. The Labute approximate surface area is 360 Å². The number of phenolic OH excluding ortho intramolecular Hbond substituents is 5. The lowest BCUT2D eigenvalue weighted by atomic mass is 9.98. The molecule has 23 nitrogen and oxygen atoms in total. The number of ether oxygens (including phenoxy) is 7. The number of carbonyl (C=O) groups is 1. The minimum Gasteiger partial charge on any atom is -0.508 e. The van der Waals surface area contributed by atoms with E-state index in [2.05, 4.69) is 0 Å². The second-order valence-corrected chi connectivity index (χ2v) is 15.0. The van der Waals surface area contributed by atoms with Crippen molar-refractivity contribution in [1.82, 2.24) is 0 Å². The number of aliphatic hydroxyl groups excluding tert-OH is 9. The number of aliphatic hydroxyl groups is 9. The molecule has 0 saturated carbocycles. The number of rotatable bonds is 12. The summed E-state index contributed by atoms with van der Waals surface area (Å²) in [5.74, 6) is -5.30. The van der Waals surface area contributed by atoms with Crippen LogP contribution in [-0.4, -0.2) is 183 Å². The third-order valence-electron chi connectivity index (χ3n) is 10.6. The molecule has 0 aliphatic carbocycles. The number of benzene rings is 3. The van der Waals surface area contributed by atoms with Crippen molar-refractivity contribution < 1.29 is 114 Å². The molecular weight excluding hydrogens is 860 g/mol. The van der Waals surface area contributed by atoms with Crippen LogP contribution in [0.1, 0.15) is 5.56 Å². The van der Waals surface area contributed by atoms with Crippen molar-refractivity contribution >= 4 is 23.0 Å². The quantitative estimate of drug-likeness (QED) is 0.0316. The number of esters is 1. The fraction of sp³-hybridized carbons (Fsp3) is 0.415. The summed E-state index contributed by atoms with van der Waals surface area (Å²) in [5.41, 5.74) is 0.0618. The zero-order chi connectivity index (χ0) is 46.1. The zero-order valence-corrected chi connectivity index (χ0v) is 33.0. The summed E-state index contributed by atoms with van der Waals surface area (Å²) in [5, 5.41) is 146. The molecule has 0 bridgehead atoms. The Kier molecular flexibility index (Phi) is 13.9. The van der Waals surface area contributed by atoms with Gasteiger partial charge in [-0.25, -0.2) is 9.21 Å². The van der Waals surface area contributed by atoms with Crippen LogP contribution in [0.15, 0.2) is 65.1 Å². The second kappa shape index (κ2) is 19.2. The van der Waals surface area contributed by atoms with Crippen LogP contribution < -0.4 is 9.47 Å². The molecule has 64 heavy (non-hydrogen) atoms. The summed E-state index contributed by atoms with van der Waals surface area (Å²) in [7, 11) is 0. The molecule has 3 aliphatic heterocycles. The third kappa shape index (κ3) is 9.71. The van der Waals surface area contributed by atoms with Crippen LogP contribution in [0.4, 0.5) is 0 Å². The minimum atomic E-state index is -2.04. The highest BCUT2D eigenvalue weighted by atomic mass is 16.8. The molecule has 4 heterocycles. The van der Waals surface area contributed by atoms with E-state index in [1.807, 2.05) is 0 Å². The van der Waals surface area contributed by atoms with E-state index in [4.69, 9.17) is 37.6 Å². The topological polar surface area (TPSA) is 376 Å². The van der Waals surface area contributed by atoms with E-state index in [0.717, 1.165) is 36.4 Å². The molecule has 14 atom stereocenters. The second-order valence-electron chi connectivity index (χ2n) is 15.0. The van der Waals surface area contributed by atoms with E-state index in [-0.39, 0.29) is 28.0 Å². The SMILES string of the molecule is O=C(C=Cc1ccc(O)cc1)OC[C@H]1O[C@@H](Oc2cc3c(O[C@@H]4O[C@H](CO)[C@@H](O)[C@H](O)[C@H]4O)cc(O)cc3[o+]c2-c2cc(O)c(O)c(O)c2)[C@H](O[C@@H]2OC[C@@H](O)[C@H](O)[C@H]2O)[C@@H](O)[C@@H]1O. The first-order valence-electron chi connectivity index (χ1n) is 19.4. The lowest BCUT2D eigenvalue weighted by molar-refractivity contribution is -0.345. The molecule has 0 radical (unpaired) electrons. The normalized spacial score (nSPS) is 32.1. The Morgan fingerprint density at radius 1 is 0.688 bits per heavy atom. The van der Waals surface area contributed by atoms with Crippen LogP contribution in [0, 0.1) is 0 Å². The van der Waals surface area contributed by atoms with E-state index < -0.39 is 146 Å². The molecule has 3 saturated heterocycles. The zero-order valence-electron chi connectivity index (χ0n) is 33.0. The lowest BCUT2D eigenvalue weighted by Crippen LogP contribution is -2.64. The van der Waals surface area contributed by atoms with Crippen molar-refractivity contribution in [2.75, 3.05) is 19.8 Å². The Morgan fingerprint density at radius 2 is 1.33 bits per heavy atom. The van der Waals surface area contributed by atoms with E-state index in [1.165, 1.54) is 30.3 Å². The van der Waals surface area contributed by atoms with Crippen LogP contribution in [0.3, 0.4) is 0 Å². The predicted molar refractivity (Wildman–Crippen MR) is 209 cm³/mol. The maximum atomic E-state index is 12.7. The fourth-order valence-electron chi connectivity index (χ4n) is 7.01. The molecule has 0 spiro atoms. The Bertz CT molecular complexity index is 2280. The van der Waals surface area contributed by atoms with Gasteiger partial charge in [-0.15, -0.1) is 0 Å². The standard InChI is InChI=1S/C41H44O23/c42-12-26-31(51)33(53)36(56)40(62-26)60-24-10-18(44)9-23-19(24)11-25(37(59-23)16-7-20(45)29(49)21(46)8-16)61-41-38(64-39-35(55)30(50)22(47)13-58-39)34(54)32(52)27(63-41)14-57-28(48)6-3-15-1-4-17(43)5-2-15/h1-11,22,26-27,30-36,38-42,47,50-56H,12-14H2,(H4-,43,44,45,46,48,49)/p+1/t22-,26-,27-,30+,31-,32-,33+,34+,35-,36-,38-,39+,40-,41-/m1/s1. The number of hydrogen-bond donors (Lipinski definition) is 14. The molecule has 23 heteroatoms. The maximum absolute atomic E-state index is 12.7. The molecule has 0 amide bonds. The smallest absolute Gasteiger partial charge is 0.402 e. The summed E-state index contributed by atoms with van der Waals surface area (Å²) < 4.78 is 46.2. The van der Waals surface area contributed by atoms with Gasteiger partial charge >= 0.3 is 17.3 Å². The molecule has 0 unspecified atom stereocenters. The Hall–Kier alpha value is -5.64. The molecule has 14 N–H and O–H groups in total. The monoisotopic (exact) mass is 905 g/mol. The van der Waals surface area contributed by atoms with Gasteiger partial charge in [0.05, 0.1) is 24.8 Å². The van der Waals surface area contributed by atoms with Gasteiger partial charge in [0.25, 0.3) is 0 Å². The van der Waals surface area contributed by atoms with Crippen molar-refractivity contribution in [3.05, 3.63) is 66.2 Å². The summed E-state index contributed by atoms with van der Waals surface area (Å²) in [4.78, 5) is 12.7. The summed E-state index contributed by atoms with van der Waals surface area (Å²) >= 11 is 0. The number of hydrogen-bond acceptors (Lipinski definition) is 22. The first-order chi connectivity index (χ1) is 30.4. The summed E-state index contributed by atoms with van der Waals surface area (Å²) in [6.45, 7) is -2.09. The van der Waals surface area contributed by atoms with Gasteiger partial charge in [0.1, 0.15) is 90.3 Å². The number of carbonyl (C=O) groups excluding carboxylic acids is 1. The van der Waals surface area contributed by atoms with Crippen LogP contribution >= 0.6 is 0 Å². The molecular formula is C41H45O23+. The Morgan fingerprint density at radius 3 is 2.02 bits per heavy atom. The molecule has 3 aliphatic rings. The van der Waals surface area contributed by atoms with Crippen molar-refractivity contribution in [2.45, 2.75) is 86.0 Å². The van der Waals surface area contributed by atoms with Crippen molar-refractivity contribution in [2.24, 2.45) is 0 Å². The first kappa shape index (κ1) is 46.4. The molecule has 3 fully saturated rings. The van der Waals surface area contributed by atoms with Gasteiger partial charge in [-0.05, 0) is 23.8 Å².